The van der Waals surface area contributed by atoms with Crippen LogP contribution >= 0.6 is 0 Å². The van der Waals surface area contributed by atoms with Gasteiger partial charge in [0.05, 0.1) is 13.2 Å². The fraction of sp³-hybridized carbons (Fsp3) is 0.412. The van der Waals surface area contributed by atoms with E-state index in [1.165, 1.54) is 31.4 Å². The van der Waals surface area contributed by atoms with Gasteiger partial charge in [0.1, 0.15) is 11.6 Å². The number of nitrogens with one attached hydrogen (secondary N) is 1. The van der Waals surface area contributed by atoms with Gasteiger partial charge >= 0.3 is 6.61 Å². The molecule has 1 aliphatic rings. The molecule has 1 aromatic rings. The molecular formula is C17H18F2N2O4. The SMILES string of the molecule is COc1ccc(/C=C(\C#N)C(=O)NCC2CCCO2)cc1OC(F)F. The van der Waals surface area contributed by atoms with E-state index < -0.39 is 12.5 Å². The molecule has 134 valence electrons. The number of methoxy groups -OCH3 is 1. The van der Waals surface area contributed by atoms with Crippen LogP contribution in [-0.4, -0.2) is 38.9 Å². The minimum absolute atomic E-state index is 0.0454. The summed E-state index contributed by atoms with van der Waals surface area (Å²) in [5, 5.41) is 11.8. The molecule has 1 aliphatic heterocycles. The topological polar surface area (TPSA) is 80.6 Å². The van der Waals surface area contributed by atoms with Crippen molar-refractivity contribution in [3.63, 3.8) is 0 Å². The van der Waals surface area contributed by atoms with Crippen molar-refractivity contribution < 1.29 is 27.8 Å². The first-order valence-corrected chi connectivity index (χ1v) is 7.68. The standard InChI is InChI=1S/C17H18F2N2O4/c1-23-14-5-4-11(8-15(14)25-17(18)19)7-12(9-20)16(22)21-10-13-3-2-6-24-13/h4-5,7-8,13,17H,2-3,6,10H2,1H3,(H,21,22)/b12-7+. The van der Waals surface area contributed by atoms with E-state index in [0.29, 0.717) is 18.7 Å². The molecule has 8 heteroatoms. The van der Waals surface area contributed by atoms with Gasteiger partial charge in [-0.2, -0.15) is 14.0 Å². The number of benzene rings is 1. The van der Waals surface area contributed by atoms with Gasteiger partial charge in [0.25, 0.3) is 5.91 Å². The van der Waals surface area contributed by atoms with Crippen LogP contribution in [0.2, 0.25) is 0 Å². The lowest BCUT2D eigenvalue weighted by Gasteiger charge is -2.11. The molecule has 2 rings (SSSR count). The number of nitriles is 1. The van der Waals surface area contributed by atoms with Crippen LogP contribution in [0.5, 0.6) is 11.5 Å². The highest BCUT2D eigenvalue weighted by Gasteiger charge is 2.18. The van der Waals surface area contributed by atoms with Crippen molar-refractivity contribution in [2.24, 2.45) is 0 Å². The van der Waals surface area contributed by atoms with Crippen molar-refractivity contribution in [3.8, 4) is 17.6 Å². The van der Waals surface area contributed by atoms with Gasteiger partial charge in [-0.3, -0.25) is 4.79 Å². The van der Waals surface area contributed by atoms with E-state index >= 15 is 0 Å². The Morgan fingerprint density at radius 3 is 2.92 bits per heavy atom. The second-order valence-electron chi connectivity index (χ2n) is 5.30. The quantitative estimate of drug-likeness (QED) is 0.602. The number of rotatable bonds is 7. The van der Waals surface area contributed by atoms with Crippen LogP contribution in [0.25, 0.3) is 6.08 Å². The Bertz CT molecular complexity index is 680. The number of alkyl halides is 2. The number of hydrogen-bond acceptors (Lipinski definition) is 5. The van der Waals surface area contributed by atoms with Crippen molar-refractivity contribution in [2.45, 2.75) is 25.6 Å². The van der Waals surface area contributed by atoms with E-state index in [1.807, 2.05) is 0 Å². The fourth-order valence-corrected chi connectivity index (χ4v) is 2.39. The van der Waals surface area contributed by atoms with Crippen LogP contribution < -0.4 is 14.8 Å². The Labute approximate surface area is 144 Å². The first kappa shape index (κ1) is 18.7. The molecule has 0 aliphatic carbocycles. The summed E-state index contributed by atoms with van der Waals surface area (Å²) in [6.45, 7) is -2.03. The Kier molecular flexibility index (Phi) is 6.71. The number of nitrogens with zero attached hydrogens (tertiary/aromatic N) is 1. The number of halogens is 2. The molecule has 0 aromatic heterocycles. The van der Waals surface area contributed by atoms with Crippen LogP contribution in [-0.2, 0) is 9.53 Å². The monoisotopic (exact) mass is 352 g/mol. The zero-order valence-corrected chi connectivity index (χ0v) is 13.6. The fourth-order valence-electron chi connectivity index (χ4n) is 2.39. The lowest BCUT2D eigenvalue weighted by atomic mass is 10.1. The highest BCUT2D eigenvalue weighted by atomic mass is 19.3. The summed E-state index contributed by atoms with van der Waals surface area (Å²) in [4.78, 5) is 12.1. The van der Waals surface area contributed by atoms with Gasteiger partial charge in [0.15, 0.2) is 11.5 Å². The van der Waals surface area contributed by atoms with Gasteiger partial charge in [0.2, 0.25) is 0 Å². The van der Waals surface area contributed by atoms with Gasteiger partial charge in [-0.1, -0.05) is 6.07 Å². The zero-order valence-electron chi connectivity index (χ0n) is 13.6. The molecule has 1 saturated heterocycles. The molecule has 1 fully saturated rings. The molecule has 0 radical (unpaired) electrons. The third-order valence-electron chi connectivity index (χ3n) is 3.59. The van der Waals surface area contributed by atoms with E-state index in [9.17, 15) is 18.8 Å². The maximum atomic E-state index is 12.5. The summed E-state index contributed by atoms with van der Waals surface area (Å²) in [6.07, 6.45) is 3.05. The van der Waals surface area contributed by atoms with Crippen molar-refractivity contribution in [3.05, 3.63) is 29.3 Å². The molecule has 0 saturated carbocycles. The van der Waals surface area contributed by atoms with Gasteiger partial charge in [0, 0.05) is 13.2 Å². The zero-order chi connectivity index (χ0) is 18.2. The van der Waals surface area contributed by atoms with Crippen molar-refractivity contribution in [2.75, 3.05) is 20.3 Å². The summed E-state index contributed by atoms with van der Waals surface area (Å²) in [7, 11) is 1.32. The number of carbonyl (C=O) groups excluding carboxylic acids is 1. The highest BCUT2D eigenvalue weighted by Crippen LogP contribution is 2.30. The molecule has 25 heavy (non-hydrogen) atoms. The van der Waals surface area contributed by atoms with E-state index in [2.05, 4.69) is 10.1 Å². The predicted molar refractivity (Wildman–Crippen MR) is 85.2 cm³/mol. The highest BCUT2D eigenvalue weighted by molar-refractivity contribution is 6.01. The number of ether oxygens (including phenoxy) is 3. The molecular weight excluding hydrogens is 334 g/mol. The second-order valence-corrected chi connectivity index (χ2v) is 5.30. The maximum absolute atomic E-state index is 12.5. The van der Waals surface area contributed by atoms with Gasteiger partial charge in [-0.05, 0) is 36.6 Å². The summed E-state index contributed by atoms with van der Waals surface area (Å²) in [5.74, 6) is -0.604. The third kappa shape index (κ3) is 5.43. The average molecular weight is 352 g/mol. The van der Waals surface area contributed by atoms with Crippen LogP contribution in [0.3, 0.4) is 0 Å². The molecule has 1 aromatic carbocycles. The predicted octanol–water partition coefficient (Wildman–Crippen LogP) is 2.50. The molecule has 0 bridgehead atoms. The molecule has 1 heterocycles. The summed E-state index contributed by atoms with van der Waals surface area (Å²) in [6, 6.07) is 6.03. The molecule has 6 nitrogen and oxygen atoms in total. The molecule has 1 atom stereocenters. The van der Waals surface area contributed by atoms with Crippen molar-refractivity contribution in [1.82, 2.24) is 5.32 Å². The lowest BCUT2D eigenvalue weighted by Crippen LogP contribution is -2.32. The summed E-state index contributed by atoms with van der Waals surface area (Å²) in [5.41, 5.74) is 0.214. The minimum atomic E-state index is -3.02. The van der Waals surface area contributed by atoms with E-state index in [-0.39, 0.29) is 23.2 Å². The summed E-state index contributed by atoms with van der Waals surface area (Å²) < 4.78 is 39.6. The number of amides is 1. The Morgan fingerprint density at radius 1 is 1.52 bits per heavy atom. The smallest absolute Gasteiger partial charge is 0.387 e. The second kappa shape index (κ2) is 8.99. The molecule has 1 N–H and O–H groups in total. The van der Waals surface area contributed by atoms with Crippen LogP contribution in [0, 0.1) is 11.3 Å². The lowest BCUT2D eigenvalue weighted by molar-refractivity contribution is -0.117. The van der Waals surface area contributed by atoms with Crippen LogP contribution in [0.1, 0.15) is 18.4 Å². The van der Waals surface area contributed by atoms with Gasteiger partial charge in [-0.25, -0.2) is 0 Å². The van der Waals surface area contributed by atoms with E-state index in [1.54, 1.807) is 6.07 Å². The van der Waals surface area contributed by atoms with Gasteiger partial charge in [-0.15, -0.1) is 0 Å². The number of hydrogen-bond donors (Lipinski definition) is 1. The average Bonchev–Trinajstić information content (AvgIpc) is 3.10. The normalized spacial score (nSPS) is 17.2. The first-order valence-electron chi connectivity index (χ1n) is 7.68. The molecule has 1 unspecified atom stereocenters. The van der Waals surface area contributed by atoms with E-state index in [4.69, 9.17) is 9.47 Å². The van der Waals surface area contributed by atoms with Crippen molar-refractivity contribution in [1.29, 1.82) is 5.26 Å². The van der Waals surface area contributed by atoms with E-state index in [0.717, 1.165) is 12.8 Å². The molecule has 0 spiro atoms. The van der Waals surface area contributed by atoms with Crippen LogP contribution in [0.4, 0.5) is 8.78 Å². The largest absolute Gasteiger partial charge is 0.493 e. The van der Waals surface area contributed by atoms with Crippen molar-refractivity contribution >= 4 is 12.0 Å². The Balaban J connectivity index is 2.11. The minimum Gasteiger partial charge on any atom is -0.493 e. The molecule has 1 amide bonds. The van der Waals surface area contributed by atoms with Crippen LogP contribution in [0.15, 0.2) is 23.8 Å². The Hall–Kier alpha value is -2.66. The Morgan fingerprint density at radius 2 is 2.32 bits per heavy atom. The third-order valence-corrected chi connectivity index (χ3v) is 3.59. The summed E-state index contributed by atoms with van der Waals surface area (Å²) >= 11 is 0. The first-order chi connectivity index (χ1) is 12.0. The van der Waals surface area contributed by atoms with Gasteiger partial charge < -0.3 is 19.5 Å². The maximum Gasteiger partial charge on any atom is 0.387 e. The number of carbonyl (C=O) groups is 1.